The quantitative estimate of drug-likeness (QED) is 0.789. The predicted octanol–water partition coefficient (Wildman–Crippen LogP) is 1.92. The summed E-state index contributed by atoms with van der Waals surface area (Å²) < 4.78 is 2.26. The van der Waals surface area contributed by atoms with Crippen LogP contribution in [-0.2, 0) is 6.54 Å². The summed E-state index contributed by atoms with van der Waals surface area (Å²) in [6.07, 6.45) is 13.9. The summed E-state index contributed by atoms with van der Waals surface area (Å²) in [5.74, 6) is 3.66. The van der Waals surface area contributed by atoms with E-state index >= 15 is 0 Å². The van der Waals surface area contributed by atoms with E-state index in [9.17, 15) is 0 Å². The zero-order valence-corrected chi connectivity index (χ0v) is 11.2. The highest BCUT2D eigenvalue weighted by atomic mass is 15.3. The third kappa shape index (κ3) is 1.82. The molecule has 0 bridgehead atoms. The van der Waals surface area contributed by atoms with Crippen LogP contribution >= 0.6 is 0 Å². The van der Waals surface area contributed by atoms with Crippen LogP contribution in [0.25, 0.3) is 12.2 Å². The molecule has 0 spiro atoms. The smallest absolute Gasteiger partial charge is 0.0642 e. The van der Waals surface area contributed by atoms with E-state index in [4.69, 9.17) is 0 Å². The van der Waals surface area contributed by atoms with Crippen molar-refractivity contribution in [3.8, 4) is 0 Å². The lowest BCUT2D eigenvalue weighted by atomic mass is 9.93. The van der Waals surface area contributed by atoms with Crippen molar-refractivity contribution in [3.05, 3.63) is 16.8 Å². The van der Waals surface area contributed by atoms with Crippen molar-refractivity contribution in [1.29, 1.82) is 0 Å². The molecule has 1 heterocycles. The molecule has 0 amide bonds. The van der Waals surface area contributed by atoms with Crippen molar-refractivity contribution in [1.82, 2.24) is 9.78 Å². The molecule has 3 atom stereocenters. The molecule has 0 aliphatic heterocycles. The van der Waals surface area contributed by atoms with E-state index in [0.29, 0.717) is 0 Å². The molecule has 18 heavy (non-hydrogen) atoms. The first-order chi connectivity index (χ1) is 8.85. The Morgan fingerprint density at radius 3 is 3.00 bits per heavy atom. The van der Waals surface area contributed by atoms with Gasteiger partial charge in [-0.1, -0.05) is 25.5 Å². The van der Waals surface area contributed by atoms with Crippen LogP contribution in [0.5, 0.6) is 0 Å². The molecular formula is C16H22N2. The van der Waals surface area contributed by atoms with E-state index in [1.807, 2.05) is 0 Å². The second-order valence-electron chi connectivity index (χ2n) is 6.45. The van der Waals surface area contributed by atoms with Crippen LogP contribution in [-0.4, -0.2) is 9.78 Å². The Hall–Kier alpha value is -1.05. The lowest BCUT2D eigenvalue weighted by Crippen LogP contribution is -2.34. The average molecular weight is 242 g/mol. The van der Waals surface area contributed by atoms with Crippen molar-refractivity contribution in [2.45, 2.75) is 45.6 Å². The monoisotopic (exact) mass is 242 g/mol. The maximum Gasteiger partial charge on any atom is 0.0642 e. The fourth-order valence-electron chi connectivity index (χ4n) is 3.54. The lowest BCUT2D eigenvalue weighted by molar-refractivity contribution is 0.528. The van der Waals surface area contributed by atoms with Crippen molar-refractivity contribution in [3.63, 3.8) is 0 Å². The minimum absolute atomic E-state index is 0.789. The van der Waals surface area contributed by atoms with Gasteiger partial charge in [0.05, 0.1) is 11.5 Å². The lowest BCUT2D eigenvalue weighted by Gasteiger charge is -2.13. The normalized spacial score (nSPS) is 33.5. The number of hydrogen-bond acceptors (Lipinski definition) is 1. The highest BCUT2D eigenvalue weighted by Crippen LogP contribution is 2.48. The number of rotatable bonds is 4. The molecule has 2 nitrogen and oxygen atoms in total. The van der Waals surface area contributed by atoms with Gasteiger partial charge >= 0.3 is 0 Å². The summed E-state index contributed by atoms with van der Waals surface area (Å²) in [6.45, 7) is 3.48. The van der Waals surface area contributed by atoms with E-state index in [0.717, 1.165) is 30.2 Å². The Labute approximate surface area is 108 Å². The first-order valence-corrected chi connectivity index (χ1v) is 7.59. The summed E-state index contributed by atoms with van der Waals surface area (Å²) in [5.41, 5.74) is 0. The number of fused-ring (bicyclic) bond motifs is 1. The molecular weight excluding hydrogens is 220 g/mol. The molecule has 0 saturated heterocycles. The van der Waals surface area contributed by atoms with E-state index in [-0.39, 0.29) is 0 Å². The Morgan fingerprint density at radius 2 is 2.28 bits per heavy atom. The maximum absolute atomic E-state index is 4.59. The maximum atomic E-state index is 4.59. The molecule has 2 fully saturated rings. The molecule has 4 rings (SSSR count). The summed E-state index contributed by atoms with van der Waals surface area (Å²) in [6, 6.07) is 0. The average Bonchev–Trinajstić information content (AvgIpc) is 3.29. The number of hydrogen-bond donors (Lipinski definition) is 0. The van der Waals surface area contributed by atoms with Crippen LogP contribution < -0.4 is 10.6 Å². The Bertz CT molecular complexity index is 564. The molecule has 1 aromatic rings. The minimum atomic E-state index is 0.789. The van der Waals surface area contributed by atoms with Gasteiger partial charge in [-0.15, -0.1) is 0 Å². The van der Waals surface area contributed by atoms with Crippen molar-refractivity contribution in [2.24, 2.45) is 23.7 Å². The van der Waals surface area contributed by atoms with E-state index in [1.54, 1.807) is 0 Å². The largest absolute Gasteiger partial charge is 0.265 e. The Kier molecular flexibility index (Phi) is 2.39. The van der Waals surface area contributed by atoms with Gasteiger partial charge in [0.2, 0.25) is 0 Å². The van der Waals surface area contributed by atoms with Crippen LogP contribution in [0.4, 0.5) is 0 Å². The standard InChI is InChI=1S/C16H22N2/c1-2-12-7-15(12)13-5-6-14-9-17-18(16(14)8-13)10-11-3-4-11/h6,8-9,11-13,15H,2-5,7,10H2,1H3/t12-,13?,15-/m0/s1. The minimum Gasteiger partial charge on any atom is -0.265 e. The second-order valence-corrected chi connectivity index (χ2v) is 6.45. The molecule has 0 radical (unpaired) electrons. The summed E-state index contributed by atoms with van der Waals surface area (Å²) in [5, 5.41) is 7.38. The van der Waals surface area contributed by atoms with Crippen LogP contribution in [0, 0.1) is 23.7 Å². The first kappa shape index (κ1) is 10.8. The third-order valence-electron chi connectivity index (χ3n) is 5.07. The van der Waals surface area contributed by atoms with Crippen molar-refractivity contribution < 1.29 is 0 Å². The zero-order valence-electron chi connectivity index (χ0n) is 11.2. The predicted molar refractivity (Wildman–Crippen MR) is 73.1 cm³/mol. The fourth-order valence-corrected chi connectivity index (χ4v) is 3.54. The van der Waals surface area contributed by atoms with Gasteiger partial charge in [0.1, 0.15) is 0 Å². The third-order valence-corrected chi connectivity index (χ3v) is 5.07. The molecule has 2 heteroatoms. The molecule has 0 aromatic carbocycles. The van der Waals surface area contributed by atoms with Gasteiger partial charge in [0, 0.05) is 11.8 Å². The van der Waals surface area contributed by atoms with Gasteiger partial charge in [-0.25, -0.2) is 0 Å². The van der Waals surface area contributed by atoms with Crippen LogP contribution in [0.1, 0.15) is 39.0 Å². The molecule has 96 valence electrons. The van der Waals surface area contributed by atoms with Gasteiger partial charge in [-0.3, -0.25) is 4.68 Å². The zero-order chi connectivity index (χ0) is 12.1. The van der Waals surface area contributed by atoms with Crippen LogP contribution in [0.3, 0.4) is 0 Å². The van der Waals surface area contributed by atoms with Gasteiger partial charge in [-0.2, -0.15) is 5.10 Å². The molecule has 3 aliphatic rings. The fraction of sp³-hybridized carbons (Fsp3) is 0.688. The van der Waals surface area contributed by atoms with Crippen LogP contribution in [0.15, 0.2) is 6.20 Å². The number of aromatic nitrogens is 2. The van der Waals surface area contributed by atoms with Gasteiger partial charge in [0.15, 0.2) is 0 Å². The Balaban J connectivity index is 1.63. The Morgan fingerprint density at radius 1 is 1.39 bits per heavy atom. The van der Waals surface area contributed by atoms with E-state index in [1.165, 1.54) is 42.7 Å². The van der Waals surface area contributed by atoms with E-state index in [2.05, 4.69) is 35.1 Å². The SMILES string of the molecule is CC[C@H]1C[C@@H]1C1C=c2c(cnn2CC2CC2)=CC1. The second kappa shape index (κ2) is 3.97. The molecule has 1 aromatic heterocycles. The summed E-state index contributed by atoms with van der Waals surface area (Å²) >= 11 is 0. The molecule has 1 unspecified atom stereocenters. The number of nitrogens with zero attached hydrogens (tertiary/aromatic N) is 2. The molecule has 3 aliphatic carbocycles. The summed E-state index contributed by atoms with van der Waals surface area (Å²) in [4.78, 5) is 0. The molecule has 2 saturated carbocycles. The summed E-state index contributed by atoms with van der Waals surface area (Å²) in [7, 11) is 0. The van der Waals surface area contributed by atoms with Crippen LogP contribution in [0.2, 0.25) is 0 Å². The van der Waals surface area contributed by atoms with E-state index < -0.39 is 0 Å². The highest BCUT2D eigenvalue weighted by molar-refractivity contribution is 5.39. The van der Waals surface area contributed by atoms with Crippen molar-refractivity contribution >= 4 is 12.2 Å². The van der Waals surface area contributed by atoms with Crippen molar-refractivity contribution in [2.75, 3.05) is 0 Å². The van der Waals surface area contributed by atoms with Gasteiger partial charge in [-0.05, 0) is 49.4 Å². The topological polar surface area (TPSA) is 17.8 Å². The van der Waals surface area contributed by atoms with Gasteiger partial charge < -0.3 is 0 Å². The van der Waals surface area contributed by atoms with Gasteiger partial charge in [0.25, 0.3) is 0 Å². The molecule has 0 N–H and O–H groups in total. The highest BCUT2D eigenvalue weighted by Gasteiger charge is 2.40. The first-order valence-electron chi connectivity index (χ1n) is 7.59.